The third-order valence-electron chi connectivity index (χ3n) is 3.09. The van der Waals surface area contributed by atoms with Crippen LogP contribution in [0.4, 0.5) is 0 Å². The van der Waals surface area contributed by atoms with Crippen LogP contribution in [-0.2, 0) is 16.1 Å². The molecule has 0 saturated heterocycles. The molecule has 0 aliphatic rings. The molecule has 0 fully saturated rings. The molecular weight excluding hydrogens is 316 g/mol. The predicted molar refractivity (Wildman–Crippen MR) is 91.2 cm³/mol. The van der Waals surface area contributed by atoms with E-state index in [1.165, 1.54) is 16.6 Å². The Balaban J connectivity index is 2.00. The Morgan fingerprint density at radius 3 is 2.91 bits per heavy atom. The van der Waals surface area contributed by atoms with Crippen LogP contribution >= 0.6 is 23.1 Å². The Labute approximate surface area is 139 Å². The first-order valence-corrected chi connectivity index (χ1v) is 8.84. The van der Waals surface area contributed by atoms with E-state index in [9.17, 15) is 4.79 Å². The lowest BCUT2D eigenvalue weighted by molar-refractivity contribution is -0.131. The number of thioether (sulfide) groups is 1. The van der Waals surface area contributed by atoms with Gasteiger partial charge < -0.3 is 9.64 Å². The Bertz CT molecular complexity index is 561. The van der Waals surface area contributed by atoms with Gasteiger partial charge in [-0.05, 0) is 30.5 Å². The van der Waals surface area contributed by atoms with E-state index >= 15 is 0 Å². The lowest BCUT2D eigenvalue weighted by Gasteiger charge is -2.24. The van der Waals surface area contributed by atoms with Crippen molar-refractivity contribution in [1.82, 2.24) is 9.88 Å². The van der Waals surface area contributed by atoms with Gasteiger partial charge in [-0.1, -0.05) is 23.9 Å². The molecule has 6 heteroatoms. The number of amides is 1. The number of hydrogen-bond donors (Lipinski definition) is 0. The van der Waals surface area contributed by atoms with Crippen LogP contribution in [-0.4, -0.2) is 41.3 Å². The number of methoxy groups -OCH3 is 1. The summed E-state index contributed by atoms with van der Waals surface area (Å²) < 4.78 is 5.13. The minimum absolute atomic E-state index is 0.112. The molecule has 2 rings (SSSR count). The van der Waals surface area contributed by atoms with Gasteiger partial charge in [0.15, 0.2) is 0 Å². The van der Waals surface area contributed by atoms with Crippen molar-refractivity contribution in [2.75, 3.05) is 20.3 Å². The van der Waals surface area contributed by atoms with Gasteiger partial charge in [0.2, 0.25) is 5.91 Å². The van der Waals surface area contributed by atoms with Crippen molar-refractivity contribution in [2.24, 2.45) is 0 Å². The van der Waals surface area contributed by atoms with Crippen molar-refractivity contribution in [3.8, 4) is 0 Å². The van der Waals surface area contributed by atoms with Crippen molar-refractivity contribution in [3.63, 3.8) is 0 Å². The summed E-state index contributed by atoms with van der Waals surface area (Å²) in [6.07, 6.45) is 1.74. The van der Waals surface area contributed by atoms with Crippen molar-refractivity contribution < 1.29 is 9.53 Å². The Morgan fingerprint density at radius 2 is 2.27 bits per heavy atom. The number of rotatable bonds is 8. The van der Waals surface area contributed by atoms with E-state index in [2.05, 4.69) is 4.98 Å². The van der Waals surface area contributed by atoms with E-state index in [0.29, 0.717) is 19.7 Å². The largest absolute Gasteiger partial charge is 0.383 e. The normalized spacial score (nSPS) is 12.1. The molecule has 4 nitrogen and oxygen atoms in total. The minimum Gasteiger partial charge on any atom is -0.383 e. The van der Waals surface area contributed by atoms with E-state index in [0.717, 1.165) is 5.03 Å². The molecule has 2 heterocycles. The highest BCUT2D eigenvalue weighted by molar-refractivity contribution is 8.00. The highest BCUT2D eigenvalue weighted by atomic mass is 32.2. The van der Waals surface area contributed by atoms with E-state index in [4.69, 9.17) is 4.74 Å². The highest BCUT2D eigenvalue weighted by Gasteiger charge is 2.22. The molecular formula is C16H20N2O2S2. The molecule has 0 unspecified atom stereocenters. The van der Waals surface area contributed by atoms with Crippen LogP contribution in [0.25, 0.3) is 0 Å². The number of nitrogens with zero attached hydrogens (tertiary/aromatic N) is 2. The number of thiophene rings is 1. The van der Waals surface area contributed by atoms with Gasteiger partial charge in [0.05, 0.1) is 23.4 Å². The predicted octanol–water partition coefficient (Wildman–Crippen LogP) is 3.30. The third kappa shape index (κ3) is 5.12. The summed E-state index contributed by atoms with van der Waals surface area (Å²) in [6, 6.07) is 9.78. The van der Waals surface area contributed by atoms with Crippen molar-refractivity contribution in [3.05, 3.63) is 46.8 Å². The molecule has 0 aliphatic carbocycles. The van der Waals surface area contributed by atoms with Crippen LogP contribution in [0, 0.1) is 0 Å². The van der Waals surface area contributed by atoms with Gasteiger partial charge >= 0.3 is 0 Å². The second-order valence-corrected chi connectivity index (χ2v) is 7.15. The van der Waals surface area contributed by atoms with Crippen LogP contribution in [0.1, 0.15) is 11.8 Å². The molecule has 0 radical (unpaired) electrons. The van der Waals surface area contributed by atoms with Crippen LogP contribution in [0.15, 0.2) is 46.9 Å². The van der Waals surface area contributed by atoms with E-state index in [1.54, 1.807) is 24.6 Å². The fourth-order valence-corrected chi connectivity index (χ4v) is 3.58. The van der Waals surface area contributed by atoms with E-state index < -0.39 is 0 Å². The number of pyridine rings is 1. The monoisotopic (exact) mass is 336 g/mol. The smallest absolute Gasteiger partial charge is 0.236 e. The summed E-state index contributed by atoms with van der Waals surface area (Å²) >= 11 is 3.15. The quantitative estimate of drug-likeness (QED) is 0.694. The molecule has 2 aromatic heterocycles. The summed E-state index contributed by atoms with van der Waals surface area (Å²) in [6.45, 7) is 3.70. The molecule has 0 N–H and O–H groups in total. The number of carbonyl (C=O) groups is 1. The average Bonchev–Trinajstić information content (AvgIpc) is 3.04. The van der Waals surface area contributed by atoms with Crippen LogP contribution in [0.2, 0.25) is 0 Å². The summed E-state index contributed by atoms with van der Waals surface area (Å²) in [5.74, 6) is 0.112. The zero-order valence-electron chi connectivity index (χ0n) is 12.8. The standard InChI is InChI=1S/C16H20N2O2S2/c1-13(22-15-7-3-4-8-17-15)16(19)18(9-10-20-2)12-14-6-5-11-21-14/h3-8,11,13H,9-10,12H2,1-2H3/t13-/m1/s1. The van der Waals surface area contributed by atoms with E-state index in [1.807, 2.05) is 47.5 Å². The van der Waals surface area contributed by atoms with Crippen molar-refractivity contribution in [1.29, 1.82) is 0 Å². The maximum absolute atomic E-state index is 12.7. The van der Waals surface area contributed by atoms with Gasteiger partial charge in [0.1, 0.15) is 0 Å². The minimum atomic E-state index is -0.174. The van der Waals surface area contributed by atoms with Crippen molar-refractivity contribution in [2.45, 2.75) is 23.7 Å². The SMILES string of the molecule is COCCN(Cc1cccs1)C(=O)[C@@H](C)Sc1ccccn1. The summed E-state index contributed by atoms with van der Waals surface area (Å²) in [7, 11) is 1.65. The number of hydrogen-bond acceptors (Lipinski definition) is 5. The number of carbonyl (C=O) groups excluding carboxylic acids is 1. The van der Waals surface area contributed by atoms with Crippen LogP contribution in [0.5, 0.6) is 0 Å². The number of aromatic nitrogens is 1. The van der Waals surface area contributed by atoms with Crippen LogP contribution < -0.4 is 0 Å². The topological polar surface area (TPSA) is 42.4 Å². The second-order valence-electron chi connectivity index (χ2n) is 4.76. The molecule has 0 aliphatic heterocycles. The van der Waals surface area contributed by atoms with Gasteiger partial charge in [-0.3, -0.25) is 4.79 Å². The van der Waals surface area contributed by atoms with Crippen LogP contribution in [0.3, 0.4) is 0 Å². The van der Waals surface area contributed by atoms with Gasteiger partial charge in [-0.25, -0.2) is 4.98 Å². The Morgan fingerprint density at radius 1 is 1.41 bits per heavy atom. The lowest BCUT2D eigenvalue weighted by Crippen LogP contribution is -2.38. The van der Waals surface area contributed by atoms with Gasteiger partial charge in [0, 0.05) is 24.7 Å². The molecule has 22 heavy (non-hydrogen) atoms. The Hall–Kier alpha value is -1.37. The second kappa shape index (κ2) is 8.92. The fraction of sp³-hybridized carbons (Fsp3) is 0.375. The zero-order valence-corrected chi connectivity index (χ0v) is 14.4. The van der Waals surface area contributed by atoms with Crippen molar-refractivity contribution >= 4 is 29.0 Å². The summed E-state index contributed by atoms with van der Waals surface area (Å²) in [4.78, 5) is 20.0. The molecule has 2 aromatic rings. The molecule has 0 saturated carbocycles. The van der Waals surface area contributed by atoms with E-state index in [-0.39, 0.29) is 11.2 Å². The highest BCUT2D eigenvalue weighted by Crippen LogP contribution is 2.23. The first kappa shape index (κ1) is 17.0. The fourth-order valence-electron chi connectivity index (χ4n) is 1.96. The van der Waals surface area contributed by atoms with Gasteiger partial charge in [0.25, 0.3) is 0 Å². The summed E-state index contributed by atoms with van der Waals surface area (Å²) in [5, 5.41) is 2.72. The molecule has 1 atom stereocenters. The van der Waals surface area contributed by atoms with Gasteiger partial charge in [-0.15, -0.1) is 11.3 Å². The Kier molecular flexibility index (Phi) is 6.89. The molecule has 118 valence electrons. The zero-order chi connectivity index (χ0) is 15.8. The van der Waals surface area contributed by atoms with Gasteiger partial charge in [-0.2, -0.15) is 0 Å². The molecule has 1 amide bonds. The first-order valence-electron chi connectivity index (χ1n) is 7.08. The first-order chi connectivity index (χ1) is 10.7. The summed E-state index contributed by atoms with van der Waals surface area (Å²) in [5.41, 5.74) is 0. The lowest BCUT2D eigenvalue weighted by atomic mass is 10.3. The maximum Gasteiger partial charge on any atom is 0.236 e. The average molecular weight is 336 g/mol. The third-order valence-corrected chi connectivity index (χ3v) is 4.99. The molecule has 0 spiro atoms. The maximum atomic E-state index is 12.7. The number of ether oxygens (including phenoxy) is 1. The molecule has 0 aromatic carbocycles. The molecule has 0 bridgehead atoms.